The molecule has 1 N–H and O–H groups in total. The van der Waals surface area contributed by atoms with Crippen molar-refractivity contribution in [3.05, 3.63) is 70.3 Å². The van der Waals surface area contributed by atoms with Gasteiger partial charge in [0.1, 0.15) is 11.6 Å². The van der Waals surface area contributed by atoms with Crippen LogP contribution in [0.2, 0.25) is 0 Å². The third kappa shape index (κ3) is 5.12. The molecule has 1 unspecified atom stereocenters. The van der Waals surface area contributed by atoms with Gasteiger partial charge in [0.2, 0.25) is 11.6 Å². The highest BCUT2D eigenvalue weighted by Crippen LogP contribution is 2.19. The fraction of sp³-hybridized carbons (Fsp3) is 0.417. The number of nitrogens with one attached hydrogen (secondary N) is 1. The van der Waals surface area contributed by atoms with Gasteiger partial charge < -0.3 is 5.32 Å². The lowest BCUT2D eigenvalue weighted by Crippen LogP contribution is -2.27. The predicted molar refractivity (Wildman–Crippen MR) is 120 cm³/mol. The molecule has 1 aliphatic rings. The Morgan fingerprint density at radius 2 is 2.12 bits per heavy atom. The molecule has 8 heteroatoms. The first kappa shape index (κ1) is 21.9. The second kappa shape index (κ2) is 9.89. The summed E-state index contributed by atoms with van der Waals surface area (Å²) in [7, 11) is 0. The quantitative estimate of drug-likeness (QED) is 0.546. The molecule has 0 saturated heterocycles. The molecular formula is C24H28FN5O2. The van der Waals surface area contributed by atoms with E-state index < -0.39 is 5.82 Å². The monoisotopic (exact) mass is 437 g/mol. The van der Waals surface area contributed by atoms with E-state index in [2.05, 4.69) is 21.6 Å². The Labute approximate surface area is 186 Å². The van der Waals surface area contributed by atoms with E-state index in [0.29, 0.717) is 30.9 Å². The minimum atomic E-state index is -0.418. The van der Waals surface area contributed by atoms with Crippen molar-refractivity contribution in [3.63, 3.8) is 0 Å². The average Bonchev–Trinajstić information content (AvgIpc) is 3.18. The van der Waals surface area contributed by atoms with Crippen molar-refractivity contribution in [2.75, 3.05) is 6.54 Å². The van der Waals surface area contributed by atoms with Gasteiger partial charge in [-0.25, -0.2) is 4.39 Å². The number of aromatic nitrogens is 4. The van der Waals surface area contributed by atoms with Crippen LogP contribution in [0.25, 0.3) is 11.3 Å². The third-order valence-corrected chi connectivity index (χ3v) is 5.85. The van der Waals surface area contributed by atoms with Crippen molar-refractivity contribution in [2.45, 2.75) is 51.9 Å². The molecule has 168 valence electrons. The van der Waals surface area contributed by atoms with E-state index in [-0.39, 0.29) is 23.0 Å². The number of allylic oxidation sites excluding steroid dienone is 1. The fourth-order valence-electron chi connectivity index (χ4n) is 4.17. The van der Waals surface area contributed by atoms with E-state index in [9.17, 15) is 14.0 Å². The van der Waals surface area contributed by atoms with E-state index in [4.69, 9.17) is 0 Å². The molecule has 0 saturated carbocycles. The lowest BCUT2D eigenvalue weighted by atomic mass is 9.97. The summed E-state index contributed by atoms with van der Waals surface area (Å²) in [6.07, 6.45) is 12.2. The van der Waals surface area contributed by atoms with Gasteiger partial charge in [0.15, 0.2) is 0 Å². The molecule has 0 bridgehead atoms. The van der Waals surface area contributed by atoms with Crippen LogP contribution in [0.4, 0.5) is 4.39 Å². The Morgan fingerprint density at radius 1 is 1.25 bits per heavy atom. The first-order valence-corrected chi connectivity index (χ1v) is 11.2. The number of hydrogen-bond donors (Lipinski definition) is 1. The van der Waals surface area contributed by atoms with Crippen LogP contribution >= 0.6 is 0 Å². The molecule has 1 aromatic carbocycles. The van der Waals surface area contributed by atoms with E-state index in [1.807, 2.05) is 6.92 Å². The highest BCUT2D eigenvalue weighted by Gasteiger charge is 2.16. The molecule has 1 aliphatic carbocycles. The van der Waals surface area contributed by atoms with Crippen LogP contribution in [0.15, 0.2) is 53.1 Å². The summed E-state index contributed by atoms with van der Waals surface area (Å²) >= 11 is 0. The van der Waals surface area contributed by atoms with Gasteiger partial charge in [-0.1, -0.05) is 24.6 Å². The molecule has 4 rings (SSSR count). The van der Waals surface area contributed by atoms with Crippen molar-refractivity contribution in [2.24, 2.45) is 5.92 Å². The summed E-state index contributed by atoms with van der Waals surface area (Å²) in [5, 5.41) is 11.2. The first-order valence-electron chi connectivity index (χ1n) is 11.2. The zero-order valence-corrected chi connectivity index (χ0v) is 18.3. The second-order valence-corrected chi connectivity index (χ2v) is 8.48. The zero-order valence-electron chi connectivity index (χ0n) is 18.3. The zero-order chi connectivity index (χ0) is 22.5. The van der Waals surface area contributed by atoms with Crippen LogP contribution < -0.4 is 10.9 Å². The van der Waals surface area contributed by atoms with Gasteiger partial charge in [0.05, 0.1) is 5.69 Å². The molecule has 3 aromatic rings. The Morgan fingerprint density at radius 3 is 2.91 bits per heavy atom. The van der Waals surface area contributed by atoms with Crippen molar-refractivity contribution in [1.29, 1.82) is 0 Å². The molecule has 32 heavy (non-hydrogen) atoms. The molecule has 0 spiro atoms. The number of amides is 1. The van der Waals surface area contributed by atoms with E-state index >= 15 is 0 Å². The summed E-state index contributed by atoms with van der Waals surface area (Å²) in [6.45, 7) is 2.66. The molecule has 0 fully saturated rings. The van der Waals surface area contributed by atoms with Gasteiger partial charge in [-0.15, -0.1) is 10.2 Å². The number of hydrogen-bond acceptors (Lipinski definition) is 4. The Bertz CT molecular complexity index is 1200. The third-order valence-electron chi connectivity index (χ3n) is 5.85. The highest BCUT2D eigenvalue weighted by molar-refractivity contribution is 5.76. The summed E-state index contributed by atoms with van der Waals surface area (Å²) in [6, 6.07) is 5.83. The van der Waals surface area contributed by atoms with Crippen molar-refractivity contribution in [1.82, 2.24) is 24.5 Å². The predicted octanol–water partition coefficient (Wildman–Crippen LogP) is 3.59. The number of nitrogens with zero attached hydrogens (tertiary/aromatic N) is 4. The minimum Gasteiger partial charge on any atom is -0.356 e. The van der Waals surface area contributed by atoms with Crippen LogP contribution in [-0.4, -0.2) is 31.6 Å². The maximum absolute atomic E-state index is 13.5. The molecule has 0 radical (unpaired) electrons. The van der Waals surface area contributed by atoms with Gasteiger partial charge in [-0.05, 0) is 56.2 Å². The van der Waals surface area contributed by atoms with Gasteiger partial charge in [-0.3, -0.25) is 18.6 Å². The first-order chi connectivity index (χ1) is 15.5. The molecule has 1 amide bonds. The van der Waals surface area contributed by atoms with Gasteiger partial charge in [-0.2, -0.15) is 0 Å². The van der Waals surface area contributed by atoms with Crippen LogP contribution in [0.1, 0.15) is 51.3 Å². The van der Waals surface area contributed by atoms with Crippen LogP contribution in [-0.2, 0) is 11.2 Å². The normalized spacial score (nSPS) is 14.9. The van der Waals surface area contributed by atoms with Crippen LogP contribution in [0.5, 0.6) is 0 Å². The molecule has 2 aromatic heterocycles. The lowest BCUT2D eigenvalue weighted by molar-refractivity contribution is -0.121. The van der Waals surface area contributed by atoms with E-state index in [0.717, 1.165) is 19.3 Å². The summed E-state index contributed by atoms with van der Waals surface area (Å²) < 4.78 is 16.5. The number of halogens is 1. The Balaban J connectivity index is 1.37. The summed E-state index contributed by atoms with van der Waals surface area (Å²) in [5.41, 5.74) is 1.67. The van der Waals surface area contributed by atoms with Crippen LogP contribution in [0.3, 0.4) is 0 Å². The number of carbonyl (C=O) groups is 1. The van der Waals surface area contributed by atoms with Crippen molar-refractivity contribution >= 4 is 11.6 Å². The number of rotatable bonds is 8. The summed E-state index contributed by atoms with van der Waals surface area (Å²) in [4.78, 5) is 25.1. The topological polar surface area (TPSA) is 81.3 Å². The number of carbonyl (C=O) groups excluding carboxylic acids is 1. The maximum Gasteiger partial charge on any atom is 0.300 e. The molecule has 2 heterocycles. The molecular weight excluding hydrogens is 409 g/mol. The fourth-order valence-corrected chi connectivity index (χ4v) is 4.17. The van der Waals surface area contributed by atoms with Gasteiger partial charge >= 0.3 is 5.56 Å². The number of fused-ring (bicyclic) bond motifs is 1. The van der Waals surface area contributed by atoms with Crippen molar-refractivity contribution < 1.29 is 9.18 Å². The standard InChI is InChI=1S/C24H28FN5O2/c1-17(15-22(31)26-11-10-18-6-3-2-4-7-18)14-21-27-28-23-24(32)29(12-13-30(21)23)20-9-5-8-19(25)16-20/h5-6,8-9,12-13,16-17H,2-4,7,10-11,14-15H2,1H3,(H,26,31). The van der Waals surface area contributed by atoms with Crippen molar-refractivity contribution in [3.8, 4) is 5.69 Å². The Hall–Kier alpha value is -3.29. The molecule has 1 atom stereocenters. The van der Waals surface area contributed by atoms with Crippen LogP contribution in [0, 0.1) is 11.7 Å². The smallest absolute Gasteiger partial charge is 0.300 e. The van der Waals surface area contributed by atoms with E-state index in [1.54, 1.807) is 28.9 Å². The average molecular weight is 438 g/mol. The Kier molecular flexibility index (Phi) is 6.78. The van der Waals surface area contributed by atoms with E-state index in [1.165, 1.54) is 35.1 Å². The van der Waals surface area contributed by atoms with Gasteiger partial charge in [0, 0.05) is 31.8 Å². The second-order valence-electron chi connectivity index (χ2n) is 8.48. The molecule has 7 nitrogen and oxygen atoms in total. The van der Waals surface area contributed by atoms with Gasteiger partial charge in [0.25, 0.3) is 0 Å². The highest BCUT2D eigenvalue weighted by atomic mass is 19.1. The number of benzene rings is 1. The molecule has 0 aliphatic heterocycles. The SMILES string of the molecule is CC(CC(=O)NCCC1=CCCCC1)Cc1nnc2c(=O)n(-c3cccc(F)c3)ccn12. The minimum absolute atomic E-state index is 0.0243. The lowest BCUT2D eigenvalue weighted by Gasteiger charge is -2.14. The summed E-state index contributed by atoms with van der Waals surface area (Å²) in [5.74, 6) is 0.272. The maximum atomic E-state index is 13.5. The largest absolute Gasteiger partial charge is 0.356 e.